The zero-order valence-corrected chi connectivity index (χ0v) is 31.7. The average Bonchev–Trinajstić information content (AvgIpc) is 3.98. The van der Waals surface area contributed by atoms with Crippen molar-refractivity contribution >= 4 is 44.6 Å². The molecule has 2 aromatic rings. The molecule has 16 heteroatoms. The van der Waals surface area contributed by atoms with E-state index in [1.165, 1.54) is 31.4 Å². The first-order valence-electron chi connectivity index (χ1n) is 17.2. The van der Waals surface area contributed by atoms with Gasteiger partial charge < -0.3 is 34.5 Å². The Balaban J connectivity index is 1.47. The van der Waals surface area contributed by atoms with Gasteiger partial charge in [0.05, 0.1) is 43.0 Å². The number of sulfonamides is 1. The van der Waals surface area contributed by atoms with E-state index in [1.807, 2.05) is 0 Å². The first-order chi connectivity index (χ1) is 24.2. The highest BCUT2D eigenvalue weighted by molar-refractivity contribution is 7.91. The largest absolute Gasteiger partial charge is 0.496 e. The number of rotatable bonds is 12. The second kappa shape index (κ2) is 14.1. The third kappa shape index (κ3) is 8.06. The van der Waals surface area contributed by atoms with E-state index >= 15 is 0 Å². The molecule has 5 atom stereocenters. The van der Waals surface area contributed by atoms with Gasteiger partial charge >= 0.3 is 6.09 Å². The quantitative estimate of drug-likeness (QED) is 0.271. The number of hydrogen-bond donors (Lipinski definition) is 3. The van der Waals surface area contributed by atoms with E-state index in [1.54, 1.807) is 59.7 Å². The highest BCUT2D eigenvalue weighted by Crippen LogP contribution is 2.46. The summed E-state index contributed by atoms with van der Waals surface area (Å²) in [6.07, 6.45) is 2.41. The normalized spacial score (nSPS) is 23.6. The summed E-state index contributed by atoms with van der Waals surface area (Å²) in [7, 11) is -0.873. The van der Waals surface area contributed by atoms with E-state index in [2.05, 4.69) is 26.9 Å². The van der Waals surface area contributed by atoms with Crippen molar-refractivity contribution in [3.8, 4) is 17.4 Å². The summed E-state index contributed by atoms with van der Waals surface area (Å²) in [5.74, 6) is -1.48. The molecule has 15 nitrogen and oxygen atoms in total. The molecule has 2 aliphatic carbocycles. The number of benzene rings is 1. The number of pyridine rings is 1. The third-order valence-corrected chi connectivity index (χ3v) is 11.2. The number of methoxy groups -OCH3 is 2. The van der Waals surface area contributed by atoms with Crippen LogP contribution in [0.4, 0.5) is 4.79 Å². The molecule has 0 spiro atoms. The van der Waals surface area contributed by atoms with Gasteiger partial charge in [0.1, 0.15) is 40.8 Å². The van der Waals surface area contributed by atoms with Gasteiger partial charge in [-0.25, -0.2) is 18.2 Å². The van der Waals surface area contributed by atoms with E-state index in [4.69, 9.17) is 18.9 Å². The van der Waals surface area contributed by atoms with Crippen LogP contribution < -0.4 is 29.6 Å². The van der Waals surface area contributed by atoms with Crippen molar-refractivity contribution in [3.05, 3.63) is 37.1 Å². The van der Waals surface area contributed by atoms with Crippen molar-refractivity contribution in [2.75, 3.05) is 20.8 Å². The average molecular weight is 744 g/mol. The smallest absolute Gasteiger partial charge is 0.408 e. The van der Waals surface area contributed by atoms with E-state index in [0.29, 0.717) is 35.1 Å². The van der Waals surface area contributed by atoms with Crippen LogP contribution in [0, 0.1) is 11.3 Å². The van der Waals surface area contributed by atoms with Crippen molar-refractivity contribution in [2.24, 2.45) is 11.3 Å². The van der Waals surface area contributed by atoms with E-state index in [-0.39, 0.29) is 25.3 Å². The molecule has 3 aliphatic rings. The van der Waals surface area contributed by atoms with Crippen LogP contribution in [-0.2, 0) is 29.1 Å². The van der Waals surface area contributed by atoms with Crippen LogP contribution in [0.5, 0.6) is 17.4 Å². The standard InChI is InChI=1S/C36H49N5O10S/c1-10-20-17-36(20,32(44)40-52(46,47)22-14-15-22)39-29(42)24-16-21(50-30-23-12-11-13-25(48-8)27(23)26(49-9)18-37-30)19-41(24)31(43)28(34(2,3)4)38-33(45)51-35(5,6)7/h10-13,18,20-22,24,28H,1,14-17,19H2,2-9H3,(H,38,45)(H,39,42)(H,40,44)/t20-,21-,24+,28-,36-/m1/s1. The maximum Gasteiger partial charge on any atom is 0.408 e. The Morgan fingerprint density at radius 3 is 2.29 bits per heavy atom. The summed E-state index contributed by atoms with van der Waals surface area (Å²) in [5, 5.41) is 6.00. The van der Waals surface area contributed by atoms with E-state index < -0.39 is 79.7 Å². The van der Waals surface area contributed by atoms with Crippen LogP contribution >= 0.6 is 0 Å². The fourth-order valence-electron chi connectivity index (χ4n) is 6.43. The van der Waals surface area contributed by atoms with Crippen molar-refractivity contribution < 1.29 is 46.5 Å². The maximum atomic E-state index is 14.5. The van der Waals surface area contributed by atoms with Crippen LogP contribution in [0.15, 0.2) is 37.1 Å². The number of carbonyl (C=O) groups is 4. The van der Waals surface area contributed by atoms with Gasteiger partial charge in [-0.2, -0.15) is 0 Å². The molecule has 4 amide bonds. The van der Waals surface area contributed by atoms with Crippen LogP contribution in [-0.4, -0.2) is 97.5 Å². The zero-order chi connectivity index (χ0) is 38.4. The molecule has 3 fully saturated rings. The monoisotopic (exact) mass is 743 g/mol. The summed E-state index contributed by atoms with van der Waals surface area (Å²) in [5.41, 5.74) is -3.24. The number of nitrogens with one attached hydrogen (secondary N) is 3. The molecular formula is C36H49N5O10S. The molecule has 1 aromatic carbocycles. The lowest BCUT2D eigenvalue weighted by Gasteiger charge is -2.36. The van der Waals surface area contributed by atoms with Crippen molar-refractivity contribution in [2.45, 2.75) is 102 Å². The lowest BCUT2D eigenvalue weighted by Crippen LogP contribution is -2.60. The van der Waals surface area contributed by atoms with Gasteiger partial charge in [0.2, 0.25) is 27.7 Å². The number of alkyl carbamates (subject to hydrolysis) is 1. The minimum Gasteiger partial charge on any atom is -0.496 e. The summed E-state index contributed by atoms with van der Waals surface area (Å²) in [4.78, 5) is 61.0. The molecule has 5 rings (SSSR count). The number of nitrogens with zero attached hydrogens (tertiary/aromatic N) is 2. The van der Waals surface area contributed by atoms with Crippen LogP contribution in [0.3, 0.4) is 0 Å². The fourth-order valence-corrected chi connectivity index (χ4v) is 7.79. The Bertz CT molecular complexity index is 1860. The molecule has 1 aromatic heterocycles. The predicted molar refractivity (Wildman–Crippen MR) is 191 cm³/mol. The number of carbonyl (C=O) groups excluding carboxylic acids is 4. The molecular weight excluding hydrogens is 694 g/mol. The Hall–Kier alpha value is -4.60. The summed E-state index contributed by atoms with van der Waals surface area (Å²) < 4.78 is 50.5. The van der Waals surface area contributed by atoms with Crippen molar-refractivity contribution in [1.82, 2.24) is 25.2 Å². The minimum atomic E-state index is -3.91. The van der Waals surface area contributed by atoms with Gasteiger partial charge in [-0.1, -0.05) is 32.9 Å². The second-order valence-electron chi connectivity index (χ2n) is 15.6. The van der Waals surface area contributed by atoms with Gasteiger partial charge in [0, 0.05) is 12.3 Å². The number of aromatic nitrogens is 1. The minimum absolute atomic E-state index is 0.0170. The molecule has 0 unspecified atom stereocenters. The Morgan fingerprint density at radius 2 is 1.73 bits per heavy atom. The maximum absolute atomic E-state index is 14.5. The first kappa shape index (κ1) is 38.6. The number of amides is 4. The van der Waals surface area contributed by atoms with Crippen LogP contribution in [0.25, 0.3) is 10.8 Å². The fraction of sp³-hybridized carbons (Fsp3) is 0.583. The molecule has 0 radical (unpaired) electrons. The molecule has 52 heavy (non-hydrogen) atoms. The van der Waals surface area contributed by atoms with E-state index in [9.17, 15) is 27.6 Å². The van der Waals surface area contributed by atoms with Crippen molar-refractivity contribution in [1.29, 1.82) is 0 Å². The number of fused-ring (bicyclic) bond motifs is 1. The lowest BCUT2D eigenvalue weighted by molar-refractivity contribution is -0.143. The molecule has 284 valence electrons. The van der Waals surface area contributed by atoms with Gasteiger partial charge in [-0.05, 0) is 57.6 Å². The highest BCUT2D eigenvalue weighted by Gasteiger charge is 2.62. The second-order valence-corrected chi connectivity index (χ2v) is 17.6. The zero-order valence-electron chi connectivity index (χ0n) is 30.9. The lowest BCUT2D eigenvalue weighted by atomic mass is 9.85. The molecule has 3 N–H and O–H groups in total. The van der Waals surface area contributed by atoms with Gasteiger partial charge in [-0.15, -0.1) is 6.58 Å². The van der Waals surface area contributed by atoms with Crippen molar-refractivity contribution in [3.63, 3.8) is 0 Å². The Labute approximate surface area is 304 Å². The van der Waals surface area contributed by atoms with Gasteiger partial charge in [-0.3, -0.25) is 19.1 Å². The molecule has 1 aliphatic heterocycles. The summed E-state index contributed by atoms with van der Waals surface area (Å²) >= 11 is 0. The van der Waals surface area contributed by atoms with Crippen LogP contribution in [0.1, 0.15) is 67.2 Å². The first-order valence-corrected chi connectivity index (χ1v) is 18.8. The van der Waals surface area contributed by atoms with Gasteiger partial charge in [0.15, 0.2) is 0 Å². The topological polar surface area (TPSA) is 192 Å². The molecule has 1 saturated heterocycles. The molecule has 0 bridgehead atoms. The predicted octanol–water partition coefficient (Wildman–Crippen LogP) is 3.21. The molecule has 2 heterocycles. The van der Waals surface area contributed by atoms with Gasteiger partial charge in [0.25, 0.3) is 5.91 Å². The Morgan fingerprint density at radius 1 is 1.06 bits per heavy atom. The van der Waals surface area contributed by atoms with Crippen LogP contribution in [0.2, 0.25) is 0 Å². The third-order valence-electron chi connectivity index (χ3n) is 9.39. The highest BCUT2D eigenvalue weighted by atomic mass is 32.2. The number of hydrogen-bond acceptors (Lipinski definition) is 11. The molecule has 2 saturated carbocycles. The summed E-state index contributed by atoms with van der Waals surface area (Å²) in [6, 6.07) is 3.00. The number of ether oxygens (including phenoxy) is 4. The van der Waals surface area contributed by atoms with E-state index in [0.717, 1.165) is 0 Å². The number of likely N-dealkylation sites (tertiary alicyclic amines) is 1. The Kier molecular flexibility index (Phi) is 10.5. The SMILES string of the molecule is C=C[C@@H]1C[C@]1(NC(=O)[C@@H]1C[C@@H](Oc2ncc(OC)c3c(OC)cccc23)CN1C(=O)[C@@H](NC(=O)OC(C)(C)C)C(C)(C)C)C(=O)NS(=O)(=O)C1CC1. The summed E-state index contributed by atoms with van der Waals surface area (Å²) in [6.45, 7) is 14.1.